The third kappa shape index (κ3) is 1.95. The van der Waals surface area contributed by atoms with Crippen LogP contribution in [0, 0.1) is 15.9 Å². The molecule has 1 aromatic carbocycles. The van der Waals surface area contributed by atoms with Crippen LogP contribution in [0.4, 0.5) is 10.1 Å². The highest BCUT2D eigenvalue weighted by molar-refractivity contribution is 9.10. The second-order valence-electron chi connectivity index (χ2n) is 2.60. The van der Waals surface area contributed by atoms with E-state index in [4.69, 9.17) is 0 Å². The number of nitro groups is 1. The number of rotatable bonds is 2. The quantitative estimate of drug-likeness (QED) is 0.467. The van der Waals surface area contributed by atoms with E-state index in [1.807, 2.05) is 0 Å². The van der Waals surface area contributed by atoms with Gasteiger partial charge in [0, 0.05) is 4.47 Å². The molecule has 0 N–H and O–H groups in total. The summed E-state index contributed by atoms with van der Waals surface area (Å²) < 4.78 is 12.9. The molecular weight excluding hydrogens is 257 g/mol. The summed E-state index contributed by atoms with van der Waals surface area (Å²) >= 11 is 2.90. The Hall–Kier alpha value is -1.30. The van der Waals surface area contributed by atoms with Gasteiger partial charge in [-0.15, -0.1) is 0 Å². The molecule has 0 aliphatic carbocycles. The number of nitrogens with zero attached hydrogens (tertiary/aromatic N) is 1. The highest BCUT2D eigenvalue weighted by Crippen LogP contribution is 2.28. The zero-order valence-electron chi connectivity index (χ0n) is 7.08. The van der Waals surface area contributed by atoms with E-state index in [9.17, 15) is 19.3 Å². The molecule has 74 valence electrons. The van der Waals surface area contributed by atoms with Gasteiger partial charge in [-0.3, -0.25) is 14.9 Å². The van der Waals surface area contributed by atoms with Crippen molar-refractivity contribution in [2.75, 3.05) is 0 Å². The molecule has 0 fully saturated rings. The van der Waals surface area contributed by atoms with Gasteiger partial charge in [-0.05, 0) is 28.9 Å². The summed E-state index contributed by atoms with van der Waals surface area (Å²) in [5.74, 6) is -1.24. The Kier molecular flexibility index (Phi) is 2.95. The van der Waals surface area contributed by atoms with Gasteiger partial charge < -0.3 is 0 Å². The fourth-order valence-electron chi connectivity index (χ4n) is 1.05. The lowest BCUT2D eigenvalue weighted by Crippen LogP contribution is -2.02. The Balaban J connectivity index is 3.52. The predicted octanol–water partition coefficient (Wildman–Crippen LogP) is 2.70. The number of benzene rings is 1. The molecule has 14 heavy (non-hydrogen) atoms. The normalized spacial score (nSPS) is 9.93. The maximum absolute atomic E-state index is 12.8. The second-order valence-corrected chi connectivity index (χ2v) is 3.45. The van der Waals surface area contributed by atoms with E-state index in [-0.39, 0.29) is 10.0 Å². The zero-order valence-corrected chi connectivity index (χ0v) is 8.67. The molecule has 0 atom stereocenters. The molecule has 0 spiro atoms. The first-order valence-corrected chi connectivity index (χ1v) is 4.37. The van der Waals surface area contributed by atoms with Crippen molar-refractivity contribution >= 4 is 27.4 Å². The van der Waals surface area contributed by atoms with E-state index in [1.165, 1.54) is 6.92 Å². The van der Waals surface area contributed by atoms with Gasteiger partial charge in [0.15, 0.2) is 5.78 Å². The molecule has 0 heterocycles. The van der Waals surface area contributed by atoms with Crippen molar-refractivity contribution in [2.24, 2.45) is 0 Å². The Labute approximate surface area is 87.0 Å². The molecule has 4 nitrogen and oxygen atoms in total. The number of carbonyl (C=O) groups excluding carboxylic acids is 1. The van der Waals surface area contributed by atoms with Crippen molar-refractivity contribution < 1.29 is 14.1 Å². The third-order valence-electron chi connectivity index (χ3n) is 1.58. The first-order valence-electron chi connectivity index (χ1n) is 3.58. The molecular formula is C8H5BrFNO3. The van der Waals surface area contributed by atoms with Gasteiger partial charge >= 0.3 is 0 Å². The van der Waals surface area contributed by atoms with E-state index >= 15 is 0 Å². The largest absolute Gasteiger partial charge is 0.294 e. The first-order chi connectivity index (χ1) is 6.43. The van der Waals surface area contributed by atoms with Crippen LogP contribution in [-0.4, -0.2) is 10.7 Å². The van der Waals surface area contributed by atoms with Crippen molar-refractivity contribution in [3.63, 3.8) is 0 Å². The highest BCUT2D eigenvalue weighted by atomic mass is 79.9. The minimum Gasteiger partial charge on any atom is -0.294 e. The summed E-state index contributed by atoms with van der Waals surface area (Å²) in [7, 11) is 0. The summed E-state index contributed by atoms with van der Waals surface area (Å²) in [5.41, 5.74) is -0.638. The molecule has 0 aromatic heterocycles. The third-order valence-corrected chi connectivity index (χ3v) is 2.21. The Morgan fingerprint density at radius 1 is 1.57 bits per heavy atom. The fraction of sp³-hybridized carbons (Fsp3) is 0.125. The number of Topliss-reactive ketones (excluding diaryl/α,β-unsaturated/α-hetero) is 1. The van der Waals surface area contributed by atoms with E-state index < -0.39 is 22.2 Å². The molecule has 0 radical (unpaired) electrons. The number of carbonyl (C=O) groups is 1. The topological polar surface area (TPSA) is 60.2 Å². The highest BCUT2D eigenvalue weighted by Gasteiger charge is 2.21. The van der Waals surface area contributed by atoms with Crippen molar-refractivity contribution in [3.05, 3.63) is 38.1 Å². The van der Waals surface area contributed by atoms with E-state index in [2.05, 4.69) is 15.9 Å². The van der Waals surface area contributed by atoms with Gasteiger partial charge in [-0.25, -0.2) is 4.39 Å². The van der Waals surface area contributed by atoms with Crippen molar-refractivity contribution in [2.45, 2.75) is 6.92 Å². The Bertz CT molecular complexity index is 419. The van der Waals surface area contributed by atoms with Crippen molar-refractivity contribution in [3.8, 4) is 0 Å². The average molecular weight is 262 g/mol. The first kappa shape index (κ1) is 10.8. The summed E-state index contributed by atoms with van der Waals surface area (Å²) in [6.45, 7) is 1.19. The molecule has 0 saturated heterocycles. The van der Waals surface area contributed by atoms with Crippen LogP contribution in [0.15, 0.2) is 16.6 Å². The summed E-state index contributed by atoms with van der Waals surface area (Å²) in [4.78, 5) is 20.8. The molecule has 0 amide bonds. The monoisotopic (exact) mass is 261 g/mol. The average Bonchev–Trinajstić information content (AvgIpc) is 2.01. The molecule has 0 bridgehead atoms. The van der Waals surface area contributed by atoms with Crippen LogP contribution >= 0.6 is 15.9 Å². The second kappa shape index (κ2) is 3.83. The van der Waals surface area contributed by atoms with Gasteiger partial charge in [0.05, 0.1) is 11.0 Å². The maximum Gasteiger partial charge on any atom is 0.284 e. The van der Waals surface area contributed by atoms with E-state index in [0.717, 1.165) is 12.1 Å². The molecule has 0 unspecified atom stereocenters. The lowest BCUT2D eigenvalue weighted by molar-refractivity contribution is -0.385. The fourth-order valence-corrected chi connectivity index (χ4v) is 1.75. The predicted molar refractivity (Wildman–Crippen MR) is 50.8 cm³/mol. The molecule has 1 rings (SSSR count). The van der Waals surface area contributed by atoms with Crippen LogP contribution < -0.4 is 0 Å². The number of hydrogen-bond donors (Lipinski definition) is 0. The molecule has 0 aliphatic rings. The van der Waals surface area contributed by atoms with Crippen LogP contribution in [-0.2, 0) is 0 Å². The lowest BCUT2D eigenvalue weighted by atomic mass is 10.1. The zero-order chi connectivity index (χ0) is 10.9. The minimum absolute atomic E-state index is 0.0942. The van der Waals surface area contributed by atoms with Gasteiger partial charge in [0.1, 0.15) is 11.4 Å². The standard InChI is InChI=1S/C8H5BrFNO3/c1-4(12)8-6(9)2-5(10)3-7(8)11(13)14/h2-3H,1H3. The van der Waals surface area contributed by atoms with E-state index in [1.54, 1.807) is 0 Å². The summed E-state index contributed by atoms with van der Waals surface area (Å²) in [6.07, 6.45) is 0. The minimum atomic E-state index is -0.787. The number of hydrogen-bond acceptors (Lipinski definition) is 3. The Morgan fingerprint density at radius 3 is 2.57 bits per heavy atom. The smallest absolute Gasteiger partial charge is 0.284 e. The van der Waals surface area contributed by atoms with Crippen LogP contribution in [0.2, 0.25) is 0 Å². The number of halogens is 2. The summed E-state index contributed by atoms with van der Waals surface area (Å²) in [5, 5.41) is 10.5. The van der Waals surface area contributed by atoms with Crippen LogP contribution in [0.1, 0.15) is 17.3 Å². The van der Waals surface area contributed by atoms with Crippen LogP contribution in [0.3, 0.4) is 0 Å². The maximum atomic E-state index is 12.8. The molecule has 0 saturated carbocycles. The van der Waals surface area contributed by atoms with Crippen LogP contribution in [0.25, 0.3) is 0 Å². The number of ketones is 1. The molecule has 0 aliphatic heterocycles. The van der Waals surface area contributed by atoms with Crippen molar-refractivity contribution in [1.29, 1.82) is 0 Å². The molecule has 6 heteroatoms. The number of nitro benzene ring substituents is 1. The van der Waals surface area contributed by atoms with Gasteiger partial charge in [-0.1, -0.05) is 0 Å². The van der Waals surface area contributed by atoms with Crippen molar-refractivity contribution in [1.82, 2.24) is 0 Å². The SMILES string of the molecule is CC(=O)c1c(Br)cc(F)cc1[N+](=O)[O-]. The van der Waals surface area contributed by atoms with Gasteiger partial charge in [0.25, 0.3) is 5.69 Å². The van der Waals surface area contributed by atoms with Gasteiger partial charge in [-0.2, -0.15) is 0 Å². The van der Waals surface area contributed by atoms with Gasteiger partial charge in [0.2, 0.25) is 0 Å². The Morgan fingerprint density at radius 2 is 2.14 bits per heavy atom. The molecule has 1 aromatic rings. The van der Waals surface area contributed by atoms with E-state index in [0.29, 0.717) is 0 Å². The lowest BCUT2D eigenvalue weighted by Gasteiger charge is -2.01. The van der Waals surface area contributed by atoms with Crippen LogP contribution in [0.5, 0.6) is 0 Å². The summed E-state index contributed by atoms with van der Waals surface area (Å²) in [6, 6.07) is 1.74.